The first-order valence-corrected chi connectivity index (χ1v) is 11.1. The second-order valence-corrected chi connectivity index (χ2v) is 9.05. The fourth-order valence-electron chi connectivity index (χ4n) is 3.10. The molecule has 1 amide bonds. The number of nitrogens with one attached hydrogen (secondary N) is 1. The number of hydrogen-bond donors (Lipinski definition) is 2. The zero-order valence-corrected chi connectivity index (χ0v) is 17.0. The van der Waals surface area contributed by atoms with E-state index in [4.69, 9.17) is 11.6 Å². The molecule has 0 unspecified atom stereocenters. The highest BCUT2D eigenvalue weighted by Gasteiger charge is 2.26. The van der Waals surface area contributed by atoms with Gasteiger partial charge in [-0.25, -0.2) is 8.42 Å². The standard InChI is InChI=1S/C19H23ClN4O3S/c20-17-5-4-16(28(26,27)24-10-2-1-3-11-24)12-18(17)23-19(25)14-22-13-15-6-8-21-9-7-15/h4-9,12,22H,1-3,10-11,13-14H2,(H,23,25)/p+1. The summed E-state index contributed by atoms with van der Waals surface area (Å²) in [6.07, 6.45) is 6.19. The van der Waals surface area contributed by atoms with Crippen LogP contribution in [0.2, 0.25) is 5.02 Å². The maximum Gasteiger partial charge on any atom is 0.279 e. The highest BCUT2D eigenvalue weighted by atomic mass is 35.5. The second-order valence-electron chi connectivity index (χ2n) is 6.71. The minimum Gasteiger partial charge on any atom is -0.335 e. The SMILES string of the molecule is O=C(C[NH2+]Cc1ccncc1)Nc1cc(S(=O)(=O)N2CCCCC2)ccc1Cl. The summed E-state index contributed by atoms with van der Waals surface area (Å²) in [4.78, 5) is 16.3. The molecule has 1 aromatic carbocycles. The molecule has 1 aliphatic heterocycles. The van der Waals surface area contributed by atoms with Gasteiger partial charge in [0.1, 0.15) is 6.54 Å². The molecule has 1 aliphatic rings. The van der Waals surface area contributed by atoms with Gasteiger partial charge in [-0.3, -0.25) is 9.78 Å². The maximum atomic E-state index is 12.8. The minimum absolute atomic E-state index is 0.148. The van der Waals surface area contributed by atoms with Crippen LogP contribution in [0.3, 0.4) is 0 Å². The first-order valence-electron chi connectivity index (χ1n) is 9.27. The zero-order chi connectivity index (χ0) is 20.0. The smallest absolute Gasteiger partial charge is 0.279 e. The largest absolute Gasteiger partial charge is 0.335 e. The van der Waals surface area contributed by atoms with Crippen molar-refractivity contribution in [2.24, 2.45) is 0 Å². The molecule has 7 nitrogen and oxygen atoms in total. The van der Waals surface area contributed by atoms with Gasteiger partial charge >= 0.3 is 0 Å². The molecule has 2 heterocycles. The molecular formula is C19H24ClN4O3S+. The number of piperidine rings is 1. The Kier molecular flexibility index (Phi) is 7.01. The molecule has 0 spiro atoms. The predicted octanol–water partition coefficient (Wildman–Crippen LogP) is 1.61. The lowest BCUT2D eigenvalue weighted by Crippen LogP contribution is -2.84. The van der Waals surface area contributed by atoms with Crippen molar-refractivity contribution in [1.82, 2.24) is 9.29 Å². The Morgan fingerprint density at radius 1 is 1.14 bits per heavy atom. The molecule has 3 rings (SSSR count). The van der Waals surface area contributed by atoms with Crippen molar-refractivity contribution in [3.05, 3.63) is 53.3 Å². The number of benzene rings is 1. The summed E-state index contributed by atoms with van der Waals surface area (Å²) in [5.74, 6) is -0.247. The van der Waals surface area contributed by atoms with Crippen LogP contribution in [0.15, 0.2) is 47.6 Å². The molecule has 150 valence electrons. The number of anilines is 1. The summed E-state index contributed by atoms with van der Waals surface area (Å²) in [5.41, 5.74) is 1.37. The van der Waals surface area contributed by atoms with Gasteiger partial charge in [0.2, 0.25) is 10.0 Å². The number of pyridine rings is 1. The number of hydrogen-bond acceptors (Lipinski definition) is 4. The van der Waals surface area contributed by atoms with Gasteiger partial charge in [0.15, 0.2) is 6.54 Å². The minimum atomic E-state index is -3.58. The average molecular weight is 424 g/mol. The molecule has 0 radical (unpaired) electrons. The van der Waals surface area contributed by atoms with Crippen LogP contribution >= 0.6 is 11.6 Å². The van der Waals surface area contributed by atoms with E-state index in [1.807, 2.05) is 17.4 Å². The Bertz CT molecular complexity index is 916. The number of quaternary nitrogens is 1. The van der Waals surface area contributed by atoms with E-state index >= 15 is 0 Å². The predicted molar refractivity (Wildman–Crippen MR) is 107 cm³/mol. The van der Waals surface area contributed by atoms with Crippen molar-refractivity contribution < 1.29 is 18.5 Å². The summed E-state index contributed by atoms with van der Waals surface area (Å²) in [5, 5.41) is 4.87. The molecule has 0 aliphatic carbocycles. The topological polar surface area (TPSA) is 96.0 Å². The first kappa shape index (κ1) is 20.7. The molecule has 2 aromatic rings. The van der Waals surface area contributed by atoms with Gasteiger partial charge in [-0.2, -0.15) is 4.31 Å². The summed E-state index contributed by atoms with van der Waals surface area (Å²) in [6, 6.07) is 8.21. The van der Waals surface area contributed by atoms with Crippen molar-refractivity contribution in [2.45, 2.75) is 30.7 Å². The van der Waals surface area contributed by atoms with Gasteiger partial charge in [-0.1, -0.05) is 18.0 Å². The van der Waals surface area contributed by atoms with Gasteiger partial charge < -0.3 is 10.6 Å². The van der Waals surface area contributed by atoms with Crippen LogP contribution in [-0.4, -0.2) is 43.2 Å². The molecule has 3 N–H and O–H groups in total. The van der Waals surface area contributed by atoms with Gasteiger partial charge in [-0.05, 0) is 43.2 Å². The van der Waals surface area contributed by atoms with E-state index in [2.05, 4.69) is 10.3 Å². The zero-order valence-electron chi connectivity index (χ0n) is 15.5. The Morgan fingerprint density at radius 2 is 1.86 bits per heavy atom. The van der Waals surface area contributed by atoms with Gasteiger partial charge in [-0.15, -0.1) is 0 Å². The summed E-state index contributed by atoms with van der Waals surface area (Å²) in [7, 11) is -3.58. The van der Waals surface area contributed by atoms with E-state index < -0.39 is 10.0 Å². The lowest BCUT2D eigenvalue weighted by molar-refractivity contribution is -0.659. The van der Waals surface area contributed by atoms with E-state index in [-0.39, 0.29) is 17.3 Å². The molecule has 1 aromatic heterocycles. The van der Waals surface area contributed by atoms with Crippen molar-refractivity contribution in [2.75, 3.05) is 25.0 Å². The molecule has 1 saturated heterocycles. The number of nitrogens with zero attached hydrogens (tertiary/aromatic N) is 2. The summed E-state index contributed by atoms with van der Waals surface area (Å²) in [6.45, 7) is 1.89. The monoisotopic (exact) mass is 423 g/mol. The van der Waals surface area contributed by atoms with Gasteiger partial charge in [0, 0.05) is 31.0 Å². The fourth-order valence-corrected chi connectivity index (χ4v) is 4.81. The number of sulfonamides is 1. The molecular weight excluding hydrogens is 400 g/mol. The Morgan fingerprint density at radius 3 is 2.57 bits per heavy atom. The maximum absolute atomic E-state index is 12.8. The number of nitrogens with two attached hydrogens (primary N) is 1. The Hall–Kier alpha value is -2.00. The van der Waals surface area contributed by atoms with Crippen LogP contribution in [0.25, 0.3) is 0 Å². The Balaban J connectivity index is 1.63. The number of carbonyl (C=O) groups is 1. The lowest BCUT2D eigenvalue weighted by atomic mass is 10.2. The van der Waals surface area contributed by atoms with Crippen LogP contribution in [0, 0.1) is 0 Å². The van der Waals surface area contributed by atoms with Crippen molar-refractivity contribution >= 4 is 33.2 Å². The van der Waals surface area contributed by atoms with Crippen LogP contribution in [0.5, 0.6) is 0 Å². The normalized spacial score (nSPS) is 15.3. The lowest BCUT2D eigenvalue weighted by Gasteiger charge is -2.26. The third kappa shape index (κ3) is 5.29. The van der Waals surface area contributed by atoms with E-state index in [1.165, 1.54) is 22.5 Å². The molecule has 0 atom stereocenters. The first-order chi connectivity index (χ1) is 13.5. The molecule has 28 heavy (non-hydrogen) atoms. The molecule has 0 saturated carbocycles. The third-order valence-corrected chi connectivity index (χ3v) is 6.85. The number of amides is 1. The third-order valence-electron chi connectivity index (χ3n) is 4.62. The summed E-state index contributed by atoms with van der Waals surface area (Å²) < 4.78 is 27.1. The van der Waals surface area contributed by atoms with Crippen molar-refractivity contribution in [3.63, 3.8) is 0 Å². The fraction of sp³-hybridized carbons (Fsp3) is 0.368. The van der Waals surface area contributed by atoms with Gasteiger partial charge in [0.25, 0.3) is 5.91 Å². The van der Waals surface area contributed by atoms with E-state index in [0.717, 1.165) is 24.8 Å². The average Bonchev–Trinajstić information content (AvgIpc) is 2.71. The summed E-state index contributed by atoms with van der Waals surface area (Å²) >= 11 is 6.17. The van der Waals surface area contributed by atoms with Crippen molar-refractivity contribution in [3.8, 4) is 0 Å². The number of rotatable bonds is 7. The highest BCUT2D eigenvalue weighted by molar-refractivity contribution is 7.89. The molecule has 1 fully saturated rings. The number of aromatic nitrogens is 1. The quantitative estimate of drug-likeness (QED) is 0.707. The van der Waals surface area contributed by atoms with Crippen LogP contribution in [0.4, 0.5) is 5.69 Å². The highest BCUT2D eigenvalue weighted by Crippen LogP contribution is 2.28. The molecule has 9 heteroatoms. The van der Waals surface area contributed by atoms with E-state index in [0.29, 0.717) is 30.3 Å². The van der Waals surface area contributed by atoms with Crippen LogP contribution in [-0.2, 0) is 21.4 Å². The second kappa shape index (κ2) is 9.47. The van der Waals surface area contributed by atoms with E-state index in [1.54, 1.807) is 12.4 Å². The van der Waals surface area contributed by atoms with Crippen molar-refractivity contribution in [1.29, 1.82) is 0 Å². The molecule has 0 bridgehead atoms. The van der Waals surface area contributed by atoms with E-state index in [9.17, 15) is 13.2 Å². The number of halogens is 1. The van der Waals surface area contributed by atoms with Gasteiger partial charge in [0.05, 0.1) is 15.6 Å². The van der Waals surface area contributed by atoms with Crippen LogP contribution in [0.1, 0.15) is 24.8 Å². The Labute approximate surface area is 170 Å². The van der Waals surface area contributed by atoms with Crippen LogP contribution < -0.4 is 10.6 Å². The number of carbonyl (C=O) groups excluding carboxylic acids is 1.